The Balaban J connectivity index is 2.67. The number of rotatable bonds is 5. The van der Waals surface area contributed by atoms with Gasteiger partial charge in [0.1, 0.15) is 17.1 Å². The molecule has 0 aliphatic rings. The highest BCUT2D eigenvalue weighted by Gasteiger charge is 2.19. The van der Waals surface area contributed by atoms with Gasteiger partial charge >= 0.3 is 5.97 Å². The second kappa shape index (κ2) is 6.34. The number of carbonyl (C=O) groups is 1. The normalized spacial score (nSPS) is 10.3. The molecular weight excluding hydrogens is 291 g/mol. The van der Waals surface area contributed by atoms with Crippen molar-refractivity contribution in [3.63, 3.8) is 0 Å². The van der Waals surface area contributed by atoms with Crippen molar-refractivity contribution in [3.8, 4) is 28.4 Å². The Kier molecular flexibility index (Phi) is 4.50. The zero-order chi connectivity index (χ0) is 16.3. The Labute approximate surface area is 126 Å². The molecule has 0 fully saturated rings. The van der Waals surface area contributed by atoms with Crippen LogP contribution in [0.1, 0.15) is 17.3 Å². The van der Waals surface area contributed by atoms with Crippen LogP contribution in [0.5, 0.6) is 17.2 Å². The van der Waals surface area contributed by atoms with Crippen molar-refractivity contribution in [1.82, 2.24) is 0 Å². The van der Waals surface area contributed by atoms with Gasteiger partial charge in [0.15, 0.2) is 11.5 Å². The first-order valence-electron chi connectivity index (χ1n) is 6.55. The summed E-state index contributed by atoms with van der Waals surface area (Å²) in [4.78, 5) is 11.3. The van der Waals surface area contributed by atoms with E-state index >= 15 is 0 Å². The molecule has 0 heterocycles. The number of carboxylic acids is 1. The third-order valence-corrected chi connectivity index (χ3v) is 3.08. The van der Waals surface area contributed by atoms with Crippen molar-refractivity contribution in [1.29, 1.82) is 0 Å². The zero-order valence-electron chi connectivity index (χ0n) is 12.1. The largest absolute Gasteiger partial charge is 0.504 e. The van der Waals surface area contributed by atoms with Crippen molar-refractivity contribution >= 4 is 5.97 Å². The highest BCUT2D eigenvalue weighted by atomic mass is 19.1. The van der Waals surface area contributed by atoms with Gasteiger partial charge in [0.2, 0.25) is 0 Å². The molecule has 0 saturated heterocycles. The fraction of sp³-hybridized carbons (Fsp3) is 0.188. The maximum absolute atomic E-state index is 13.3. The van der Waals surface area contributed by atoms with Crippen molar-refractivity contribution in [2.24, 2.45) is 0 Å². The molecule has 5 nitrogen and oxygen atoms in total. The summed E-state index contributed by atoms with van der Waals surface area (Å²) in [5, 5.41) is 19.1. The van der Waals surface area contributed by atoms with Gasteiger partial charge in [0, 0.05) is 11.6 Å². The number of benzene rings is 2. The molecule has 0 amide bonds. The minimum absolute atomic E-state index is 0.0452. The second-order valence-corrected chi connectivity index (χ2v) is 4.45. The lowest BCUT2D eigenvalue weighted by Gasteiger charge is -2.13. The summed E-state index contributed by atoms with van der Waals surface area (Å²) in [6.07, 6.45) is 0. The van der Waals surface area contributed by atoms with Crippen LogP contribution < -0.4 is 9.47 Å². The summed E-state index contributed by atoms with van der Waals surface area (Å²) in [5.74, 6) is -1.91. The molecule has 0 atom stereocenters. The average Bonchev–Trinajstić information content (AvgIpc) is 2.49. The van der Waals surface area contributed by atoms with Crippen molar-refractivity contribution < 1.29 is 28.9 Å². The Bertz CT molecular complexity index is 712. The van der Waals surface area contributed by atoms with E-state index in [1.54, 1.807) is 6.92 Å². The van der Waals surface area contributed by atoms with Crippen molar-refractivity contribution in [3.05, 3.63) is 41.7 Å². The van der Waals surface area contributed by atoms with E-state index in [0.717, 1.165) is 0 Å². The average molecular weight is 306 g/mol. The van der Waals surface area contributed by atoms with E-state index in [-0.39, 0.29) is 23.7 Å². The molecule has 22 heavy (non-hydrogen) atoms. The molecule has 0 radical (unpaired) electrons. The topological polar surface area (TPSA) is 76.0 Å². The van der Waals surface area contributed by atoms with Gasteiger partial charge in [-0.25, -0.2) is 9.18 Å². The SMILES string of the molecule is CCOc1cc(-c2ccc(F)cc2OC)cc(C(=O)O)c1O. The van der Waals surface area contributed by atoms with Crippen LogP contribution >= 0.6 is 0 Å². The predicted octanol–water partition coefficient (Wildman–Crippen LogP) is 3.30. The standard InChI is InChI=1S/C16H15FO5/c1-3-22-14-7-9(6-12(15(14)18)16(19)20)11-5-4-10(17)8-13(11)21-2/h4-8,18H,3H2,1-2H3,(H,19,20). The summed E-state index contributed by atoms with van der Waals surface area (Å²) < 4.78 is 23.7. The van der Waals surface area contributed by atoms with Gasteiger partial charge in [-0.3, -0.25) is 0 Å². The summed E-state index contributed by atoms with van der Waals surface area (Å²) in [7, 11) is 1.39. The van der Waals surface area contributed by atoms with E-state index in [1.807, 2.05) is 0 Å². The first-order valence-corrected chi connectivity index (χ1v) is 6.55. The third-order valence-electron chi connectivity index (χ3n) is 3.08. The number of carboxylic acid groups (broad SMARTS) is 1. The van der Waals surface area contributed by atoms with E-state index in [9.17, 15) is 19.4 Å². The maximum Gasteiger partial charge on any atom is 0.339 e. The first kappa shape index (κ1) is 15.6. The van der Waals surface area contributed by atoms with Gasteiger partial charge in [0.25, 0.3) is 0 Å². The fourth-order valence-corrected chi connectivity index (χ4v) is 2.10. The minimum Gasteiger partial charge on any atom is -0.504 e. The highest BCUT2D eigenvalue weighted by Crippen LogP contribution is 2.39. The molecule has 0 unspecified atom stereocenters. The molecule has 2 aromatic rings. The van der Waals surface area contributed by atoms with Crippen molar-refractivity contribution in [2.75, 3.05) is 13.7 Å². The van der Waals surface area contributed by atoms with Crippen molar-refractivity contribution in [2.45, 2.75) is 6.92 Å². The summed E-state index contributed by atoms with van der Waals surface area (Å²) in [6, 6.07) is 6.69. The van der Waals surface area contributed by atoms with E-state index in [4.69, 9.17) is 9.47 Å². The lowest BCUT2D eigenvalue weighted by atomic mass is 10.0. The third kappa shape index (κ3) is 2.95. The molecule has 0 aromatic heterocycles. The Hall–Kier alpha value is -2.76. The smallest absolute Gasteiger partial charge is 0.339 e. The monoisotopic (exact) mass is 306 g/mol. The van der Waals surface area contributed by atoms with Crippen LogP contribution in [0.25, 0.3) is 11.1 Å². The fourth-order valence-electron chi connectivity index (χ4n) is 2.10. The number of aromatic hydroxyl groups is 1. The molecule has 0 bridgehead atoms. The molecule has 0 aliphatic carbocycles. The Morgan fingerprint density at radius 2 is 1.95 bits per heavy atom. The van der Waals surface area contributed by atoms with E-state index < -0.39 is 17.5 Å². The van der Waals surface area contributed by atoms with Gasteiger partial charge < -0.3 is 19.7 Å². The van der Waals surface area contributed by atoms with Crippen LogP contribution in [-0.4, -0.2) is 29.9 Å². The number of hydrogen-bond donors (Lipinski definition) is 2. The molecule has 116 valence electrons. The van der Waals surface area contributed by atoms with Crippen LogP contribution in [0.3, 0.4) is 0 Å². The van der Waals surface area contributed by atoms with E-state index in [1.165, 1.54) is 37.4 Å². The number of phenols is 1. The predicted molar refractivity (Wildman–Crippen MR) is 78.2 cm³/mol. The van der Waals surface area contributed by atoms with E-state index in [0.29, 0.717) is 11.1 Å². The van der Waals surface area contributed by atoms with Gasteiger partial charge in [-0.15, -0.1) is 0 Å². The molecule has 0 spiro atoms. The second-order valence-electron chi connectivity index (χ2n) is 4.45. The minimum atomic E-state index is -1.29. The lowest BCUT2D eigenvalue weighted by Crippen LogP contribution is -2.01. The zero-order valence-corrected chi connectivity index (χ0v) is 12.1. The number of ether oxygens (including phenoxy) is 2. The summed E-state index contributed by atoms with van der Waals surface area (Å²) in [6.45, 7) is 1.97. The maximum atomic E-state index is 13.3. The summed E-state index contributed by atoms with van der Waals surface area (Å²) in [5.41, 5.74) is 0.634. The number of methoxy groups -OCH3 is 1. The van der Waals surface area contributed by atoms with Gasteiger partial charge in [-0.2, -0.15) is 0 Å². The highest BCUT2D eigenvalue weighted by molar-refractivity contribution is 5.94. The van der Waals surface area contributed by atoms with Gasteiger partial charge in [0.05, 0.1) is 13.7 Å². The first-order chi connectivity index (χ1) is 10.5. The van der Waals surface area contributed by atoms with Gasteiger partial charge in [-0.1, -0.05) is 0 Å². The molecule has 2 aromatic carbocycles. The van der Waals surface area contributed by atoms with Gasteiger partial charge in [-0.05, 0) is 36.8 Å². The molecular formula is C16H15FO5. The van der Waals surface area contributed by atoms with Crippen LogP contribution in [0.4, 0.5) is 4.39 Å². The molecule has 2 N–H and O–H groups in total. The number of hydrogen-bond acceptors (Lipinski definition) is 4. The molecule has 0 aliphatic heterocycles. The Morgan fingerprint density at radius 3 is 2.55 bits per heavy atom. The molecule has 6 heteroatoms. The number of halogens is 1. The summed E-state index contributed by atoms with van der Waals surface area (Å²) >= 11 is 0. The van der Waals surface area contributed by atoms with Crippen LogP contribution in [0, 0.1) is 5.82 Å². The van der Waals surface area contributed by atoms with Crippen LogP contribution in [-0.2, 0) is 0 Å². The van der Waals surface area contributed by atoms with E-state index in [2.05, 4.69) is 0 Å². The molecule has 0 saturated carbocycles. The lowest BCUT2D eigenvalue weighted by molar-refractivity contribution is 0.0693. The quantitative estimate of drug-likeness (QED) is 0.886. The Morgan fingerprint density at radius 1 is 1.23 bits per heavy atom. The van der Waals surface area contributed by atoms with Crippen LogP contribution in [0.2, 0.25) is 0 Å². The number of aromatic carboxylic acids is 1. The molecule has 2 rings (SSSR count). The van der Waals surface area contributed by atoms with Crippen LogP contribution in [0.15, 0.2) is 30.3 Å².